The molecule has 0 aromatic carbocycles. The second-order valence-electron chi connectivity index (χ2n) is 3.68. The van der Waals surface area contributed by atoms with E-state index in [1.807, 2.05) is 5.38 Å². The van der Waals surface area contributed by atoms with Crippen LogP contribution in [0, 0.1) is 0 Å². The second kappa shape index (κ2) is 2.41. The highest BCUT2D eigenvalue weighted by molar-refractivity contribution is 7.11. The summed E-state index contributed by atoms with van der Waals surface area (Å²) in [6.07, 6.45) is 0. The van der Waals surface area contributed by atoms with Crippen molar-refractivity contribution in [1.29, 1.82) is 0 Å². The fourth-order valence-corrected chi connectivity index (χ4v) is 1.93. The zero-order chi connectivity index (χ0) is 8.65. The summed E-state index contributed by atoms with van der Waals surface area (Å²) in [6, 6.07) is 0. The summed E-state index contributed by atoms with van der Waals surface area (Å²) >= 11 is 1.63. The molecule has 4 N–H and O–H groups in total. The molecule has 0 aliphatic rings. The van der Waals surface area contributed by atoms with Crippen molar-refractivity contribution in [2.24, 2.45) is 0 Å². The van der Waals surface area contributed by atoms with E-state index in [1.54, 1.807) is 11.3 Å². The summed E-state index contributed by atoms with van der Waals surface area (Å²) in [5.41, 5.74) is 13.0. The lowest BCUT2D eigenvalue weighted by Crippen LogP contribution is -2.11. The predicted octanol–water partition coefficient (Wildman–Crippen LogP) is 2.21. The lowest BCUT2D eigenvalue weighted by Gasteiger charge is -2.17. The van der Waals surface area contributed by atoms with E-state index in [4.69, 9.17) is 11.5 Å². The molecule has 0 atom stereocenters. The second-order valence-corrected chi connectivity index (χ2v) is 4.56. The smallest absolute Gasteiger partial charge is 0.0694 e. The first-order chi connectivity index (χ1) is 4.93. The first-order valence-corrected chi connectivity index (χ1v) is 4.44. The Morgan fingerprint density at radius 1 is 1.27 bits per heavy atom. The Labute approximate surface area is 71.2 Å². The monoisotopic (exact) mass is 170 g/mol. The molecule has 2 nitrogen and oxygen atoms in total. The van der Waals surface area contributed by atoms with Gasteiger partial charge in [0, 0.05) is 10.3 Å². The quantitative estimate of drug-likeness (QED) is 0.627. The third-order valence-corrected chi connectivity index (χ3v) is 2.98. The Morgan fingerprint density at radius 2 is 1.82 bits per heavy atom. The van der Waals surface area contributed by atoms with Crippen LogP contribution in [0.1, 0.15) is 25.6 Å². The Balaban J connectivity index is 3.15. The van der Waals surface area contributed by atoms with E-state index in [2.05, 4.69) is 20.8 Å². The summed E-state index contributed by atoms with van der Waals surface area (Å²) in [5, 5.41) is 1.90. The minimum Gasteiger partial charge on any atom is -0.396 e. The molecule has 62 valence electrons. The molecular weight excluding hydrogens is 156 g/mol. The van der Waals surface area contributed by atoms with Crippen LogP contribution in [-0.2, 0) is 5.41 Å². The van der Waals surface area contributed by atoms with Crippen molar-refractivity contribution >= 4 is 22.7 Å². The molecule has 0 saturated heterocycles. The van der Waals surface area contributed by atoms with Crippen molar-refractivity contribution in [3.05, 3.63) is 10.3 Å². The molecular formula is C8H14N2S. The molecule has 11 heavy (non-hydrogen) atoms. The van der Waals surface area contributed by atoms with Crippen LogP contribution in [0.2, 0.25) is 0 Å². The van der Waals surface area contributed by atoms with E-state index >= 15 is 0 Å². The SMILES string of the molecule is CC(C)(C)c1scc(N)c1N. The topological polar surface area (TPSA) is 52.0 Å². The third-order valence-electron chi connectivity index (χ3n) is 1.54. The average molecular weight is 170 g/mol. The van der Waals surface area contributed by atoms with Crippen molar-refractivity contribution in [2.45, 2.75) is 26.2 Å². The van der Waals surface area contributed by atoms with Gasteiger partial charge in [0.1, 0.15) is 0 Å². The van der Waals surface area contributed by atoms with Crippen LogP contribution in [0.25, 0.3) is 0 Å². The van der Waals surface area contributed by atoms with Crippen LogP contribution in [0.15, 0.2) is 5.38 Å². The van der Waals surface area contributed by atoms with Gasteiger partial charge in [-0.1, -0.05) is 20.8 Å². The Hall–Kier alpha value is -0.700. The molecule has 3 heteroatoms. The summed E-state index contributed by atoms with van der Waals surface area (Å²) in [7, 11) is 0. The maximum absolute atomic E-state index is 5.77. The first kappa shape index (κ1) is 8.40. The van der Waals surface area contributed by atoms with Gasteiger partial charge in [-0.25, -0.2) is 0 Å². The van der Waals surface area contributed by atoms with E-state index in [-0.39, 0.29) is 5.41 Å². The number of nitrogens with two attached hydrogens (primary N) is 2. The highest BCUT2D eigenvalue weighted by Crippen LogP contribution is 2.36. The minimum atomic E-state index is 0.117. The first-order valence-electron chi connectivity index (χ1n) is 3.56. The van der Waals surface area contributed by atoms with Crippen LogP contribution in [-0.4, -0.2) is 0 Å². The lowest BCUT2D eigenvalue weighted by molar-refractivity contribution is 0.606. The molecule has 0 aliphatic carbocycles. The number of nitrogen functional groups attached to an aromatic ring is 2. The Morgan fingerprint density at radius 3 is 2.00 bits per heavy atom. The highest BCUT2D eigenvalue weighted by atomic mass is 32.1. The summed E-state index contributed by atoms with van der Waals surface area (Å²) in [5.74, 6) is 0. The lowest BCUT2D eigenvalue weighted by atomic mass is 9.93. The van der Waals surface area contributed by atoms with E-state index < -0.39 is 0 Å². The number of anilines is 2. The van der Waals surface area contributed by atoms with Crippen LogP contribution >= 0.6 is 11.3 Å². The summed E-state index contributed by atoms with van der Waals surface area (Å²) < 4.78 is 0. The molecule has 0 fully saturated rings. The molecule has 1 heterocycles. The standard InChI is InChI=1S/C8H14N2S/c1-8(2,3)7-6(10)5(9)4-11-7/h4H,9-10H2,1-3H3. The largest absolute Gasteiger partial charge is 0.396 e. The van der Waals surface area contributed by atoms with Gasteiger partial charge in [-0.3, -0.25) is 0 Å². The van der Waals surface area contributed by atoms with Gasteiger partial charge in [0.05, 0.1) is 11.4 Å². The highest BCUT2D eigenvalue weighted by Gasteiger charge is 2.19. The Kier molecular flexibility index (Phi) is 1.84. The van der Waals surface area contributed by atoms with Crippen LogP contribution < -0.4 is 11.5 Å². The van der Waals surface area contributed by atoms with Crippen LogP contribution in [0.3, 0.4) is 0 Å². The van der Waals surface area contributed by atoms with E-state index in [9.17, 15) is 0 Å². The summed E-state index contributed by atoms with van der Waals surface area (Å²) in [6.45, 7) is 6.40. The molecule has 1 rings (SSSR count). The fraction of sp³-hybridized carbons (Fsp3) is 0.500. The number of hydrogen-bond acceptors (Lipinski definition) is 3. The van der Waals surface area contributed by atoms with E-state index in [0.717, 1.165) is 5.69 Å². The molecule has 0 amide bonds. The molecule has 0 aliphatic heterocycles. The number of thiophene rings is 1. The summed E-state index contributed by atoms with van der Waals surface area (Å²) in [4.78, 5) is 1.18. The van der Waals surface area contributed by atoms with Gasteiger partial charge in [0.15, 0.2) is 0 Å². The molecule has 1 aromatic rings. The van der Waals surface area contributed by atoms with Gasteiger partial charge < -0.3 is 11.5 Å². The molecule has 0 unspecified atom stereocenters. The van der Waals surface area contributed by atoms with Gasteiger partial charge in [0.25, 0.3) is 0 Å². The van der Waals surface area contributed by atoms with Crippen molar-refractivity contribution in [1.82, 2.24) is 0 Å². The maximum atomic E-state index is 5.77. The molecule has 0 radical (unpaired) electrons. The Bertz CT molecular complexity index is 258. The molecule has 0 spiro atoms. The molecule has 1 aromatic heterocycles. The predicted molar refractivity (Wildman–Crippen MR) is 51.8 cm³/mol. The zero-order valence-electron chi connectivity index (χ0n) is 7.14. The van der Waals surface area contributed by atoms with Gasteiger partial charge in [-0.15, -0.1) is 11.3 Å². The normalized spacial score (nSPS) is 11.9. The van der Waals surface area contributed by atoms with Gasteiger partial charge >= 0.3 is 0 Å². The molecule has 0 saturated carbocycles. The number of rotatable bonds is 0. The average Bonchev–Trinajstić information content (AvgIpc) is 2.11. The van der Waals surface area contributed by atoms with Crippen molar-refractivity contribution in [2.75, 3.05) is 11.5 Å². The molecule has 0 bridgehead atoms. The van der Waals surface area contributed by atoms with Crippen LogP contribution in [0.5, 0.6) is 0 Å². The fourth-order valence-electron chi connectivity index (χ4n) is 0.961. The van der Waals surface area contributed by atoms with Crippen molar-refractivity contribution in [3.63, 3.8) is 0 Å². The van der Waals surface area contributed by atoms with Crippen molar-refractivity contribution in [3.8, 4) is 0 Å². The van der Waals surface area contributed by atoms with Crippen molar-refractivity contribution < 1.29 is 0 Å². The third kappa shape index (κ3) is 1.48. The van der Waals surface area contributed by atoms with E-state index in [0.29, 0.717) is 5.69 Å². The van der Waals surface area contributed by atoms with Gasteiger partial charge in [-0.2, -0.15) is 0 Å². The maximum Gasteiger partial charge on any atom is 0.0694 e. The minimum absolute atomic E-state index is 0.117. The zero-order valence-corrected chi connectivity index (χ0v) is 7.96. The van der Waals surface area contributed by atoms with E-state index in [1.165, 1.54) is 4.88 Å². The number of hydrogen-bond donors (Lipinski definition) is 2. The van der Waals surface area contributed by atoms with Gasteiger partial charge in [0.2, 0.25) is 0 Å². The van der Waals surface area contributed by atoms with Crippen LogP contribution in [0.4, 0.5) is 11.4 Å². The van der Waals surface area contributed by atoms with Gasteiger partial charge in [-0.05, 0) is 5.41 Å².